The van der Waals surface area contributed by atoms with Crippen molar-refractivity contribution in [1.82, 2.24) is 4.90 Å². The number of nitrogens with two attached hydrogens (primary N) is 1. The molecule has 1 heterocycles. The lowest BCUT2D eigenvalue weighted by Crippen LogP contribution is -2.61. The van der Waals surface area contributed by atoms with E-state index in [-0.39, 0.29) is 0 Å². The van der Waals surface area contributed by atoms with Crippen LogP contribution in [0, 0.1) is 11.8 Å². The van der Waals surface area contributed by atoms with E-state index >= 15 is 0 Å². The van der Waals surface area contributed by atoms with E-state index in [0.29, 0.717) is 6.04 Å². The van der Waals surface area contributed by atoms with Crippen LogP contribution >= 0.6 is 0 Å². The number of hydrogen-bond acceptors (Lipinski definition) is 2. The lowest BCUT2D eigenvalue weighted by Gasteiger charge is -2.47. The van der Waals surface area contributed by atoms with Gasteiger partial charge in [0.25, 0.3) is 0 Å². The van der Waals surface area contributed by atoms with Crippen LogP contribution in [-0.2, 0) is 0 Å². The zero-order valence-electron chi connectivity index (χ0n) is 8.87. The lowest BCUT2D eigenvalue weighted by molar-refractivity contribution is 0.0314. The van der Waals surface area contributed by atoms with Crippen molar-refractivity contribution in [3.8, 4) is 0 Å². The topological polar surface area (TPSA) is 29.3 Å². The summed E-state index contributed by atoms with van der Waals surface area (Å²) in [7, 11) is 0. The molecule has 2 heteroatoms. The number of likely N-dealkylation sites (tertiary alicyclic amines) is 1. The van der Waals surface area contributed by atoms with E-state index in [1.165, 1.54) is 19.3 Å². The van der Waals surface area contributed by atoms with Crippen molar-refractivity contribution in [3.63, 3.8) is 0 Å². The zero-order chi connectivity index (χ0) is 9.42. The van der Waals surface area contributed by atoms with Crippen molar-refractivity contribution in [2.45, 2.75) is 45.2 Å². The van der Waals surface area contributed by atoms with Gasteiger partial charge in [0.1, 0.15) is 0 Å². The maximum atomic E-state index is 5.81. The summed E-state index contributed by atoms with van der Waals surface area (Å²) >= 11 is 0. The molecule has 2 nitrogen and oxygen atoms in total. The van der Waals surface area contributed by atoms with Crippen molar-refractivity contribution in [2.24, 2.45) is 17.6 Å². The second-order valence-corrected chi connectivity index (χ2v) is 5.18. The standard InChI is InChI=1S/C11H22N2/c1-8-3-4-11(9(2)5-8)13-6-10(12)7-13/h8-11H,3-7,12H2,1-2H3. The lowest BCUT2D eigenvalue weighted by atomic mass is 9.78. The smallest absolute Gasteiger partial charge is 0.0297 e. The van der Waals surface area contributed by atoms with Crippen molar-refractivity contribution in [3.05, 3.63) is 0 Å². The SMILES string of the molecule is CC1CCC(N2CC(N)C2)C(C)C1. The van der Waals surface area contributed by atoms with Crippen LogP contribution in [0.3, 0.4) is 0 Å². The third-order valence-electron chi connectivity index (χ3n) is 3.79. The van der Waals surface area contributed by atoms with Gasteiger partial charge in [-0.15, -0.1) is 0 Å². The highest BCUT2D eigenvalue weighted by Gasteiger charge is 2.35. The van der Waals surface area contributed by atoms with E-state index in [2.05, 4.69) is 18.7 Å². The summed E-state index contributed by atoms with van der Waals surface area (Å²) in [5.74, 6) is 1.83. The first-order chi connectivity index (χ1) is 6.16. The molecule has 2 rings (SSSR count). The van der Waals surface area contributed by atoms with E-state index in [4.69, 9.17) is 5.73 Å². The normalized spacial score (nSPS) is 43.2. The Balaban J connectivity index is 1.86. The van der Waals surface area contributed by atoms with Crippen molar-refractivity contribution in [1.29, 1.82) is 0 Å². The summed E-state index contributed by atoms with van der Waals surface area (Å²) in [6.45, 7) is 7.07. The van der Waals surface area contributed by atoms with Gasteiger partial charge in [0, 0.05) is 25.2 Å². The Morgan fingerprint density at radius 1 is 1.15 bits per heavy atom. The fraction of sp³-hybridized carbons (Fsp3) is 1.00. The van der Waals surface area contributed by atoms with Crippen molar-refractivity contribution >= 4 is 0 Å². The molecule has 0 spiro atoms. The van der Waals surface area contributed by atoms with Crippen LogP contribution in [0.25, 0.3) is 0 Å². The van der Waals surface area contributed by atoms with Crippen LogP contribution in [0.15, 0.2) is 0 Å². The molecule has 0 aromatic carbocycles. The second-order valence-electron chi connectivity index (χ2n) is 5.18. The predicted octanol–water partition coefficient (Wildman–Crippen LogP) is 1.45. The van der Waals surface area contributed by atoms with Crippen molar-refractivity contribution in [2.75, 3.05) is 13.1 Å². The quantitative estimate of drug-likeness (QED) is 0.665. The summed E-state index contributed by atoms with van der Waals surface area (Å²) in [5.41, 5.74) is 5.81. The molecule has 2 aliphatic rings. The highest BCUT2D eigenvalue weighted by Crippen LogP contribution is 2.33. The molecule has 0 aromatic heterocycles. The van der Waals surface area contributed by atoms with Gasteiger partial charge in [0.15, 0.2) is 0 Å². The predicted molar refractivity (Wildman–Crippen MR) is 55.5 cm³/mol. The van der Waals surface area contributed by atoms with Gasteiger partial charge in [0.05, 0.1) is 0 Å². The van der Waals surface area contributed by atoms with Gasteiger partial charge in [-0.05, 0) is 31.1 Å². The summed E-state index contributed by atoms with van der Waals surface area (Å²) in [6, 6.07) is 1.31. The minimum absolute atomic E-state index is 0.464. The van der Waals surface area contributed by atoms with Crippen LogP contribution in [0.1, 0.15) is 33.1 Å². The maximum Gasteiger partial charge on any atom is 0.0297 e. The molecule has 2 fully saturated rings. The molecule has 1 aliphatic carbocycles. The van der Waals surface area contributed by atoms with E-state index in [1.54, 1.807) is 0 Å². The van der Waals surface area contributed by atoms with Crippen LogP contribution < -0.4 is 5.73 Å². The summed E-state index contributed by atoms with van der Waals surface area (Å²) < 4.78 is 0. The molecule has 0 radical (unpaired) electrons. The third-order valence-corrected chi connectivity index (χ3v) is 3.79. The van der Waals surface area contributed by atoms with E-state index in [9.17, 15) is 0 Å². The molecule has 0 amide bonds. The number of rotatable bonds is 1. The van der Waals surface area contributed by atoms with Crippen molar-refractivity contribution < 1.29 is 0 Å². The number of hydrogen-bond donors (Lipinski definition) is 1. The van der Waals surface area contributed by atoms with Crippen LogP contribution in [-0.4, -0.2) is 30.1 Å². The summed E-state index contributed by atoms with van der Waals surface area (Å²) in [4.78, 5) is 2.58. The Bertz CT molecular complexity index is 173. The molecule has 2 N–H and O–H groups in total. The van der Waals surface area contributed by atoms with E-state index < -0.39 is 0 Å². The fourth-order valence-electron chi connectivity index (χ4n) is 3.01. The minimum Gasteiger partial charge on any atom is -0.325 e. The van der Waals surface area contributed by atoms with Gasteiger partial charge in [-0.3, -0.25) is 4.90 Å². The fourth-order valence-corrected chi connectivity index (χ4v) is 3.01. The zero-order valence-corrected chi connectivity index (χ0v) is 8.87. The summed E-state index contributed by atoms with van der Waals surface area (Å²) in [6.07, 6.45) is 4.23. The molecule has 1 saturated heterocycles. The van der Waals surface area contributed by atoms with Crippen LogP contribution in [0.5, 0.6) is 0 Å². The molecule has 13 heavy (non-hydrogen) atoms. The second kappa shape index (κ2) is 3.58. The molecule has 3 unspecified atom stereocenters. The van der Waals surface area contributed by atoms with Gasteiger partial charge in [-0.2, -0.15) is 0 Å². The van der Waals surface area contributed by atoms with E-state index in [1.807, 2.05) is 0 Å². The van der Waals surface area contributed by atoms with E-state index in [0.717, 1.165) is 31.0 Å². The Morgan fingerprint density at radius 2 is 1.85 bits per heavy atom. The molecule has 0 bridgehead atoms. The monoisotopic (exact) mass is 182 g/mol. The Hall–Kier alpha value is -0.0800. The average molecular weight is 182 g/mol. The first-order valence-corrected chi connectivity index (χ1v) is 5.66. The molecule has 0 aromatic rings. The van der Waals surface area contributed by atoms with Gasteiger partial charge in [-0.25, -0.2) is 0 Å². The molecular formula is C11H22N2. The largest absolute Gasteiger partial charge is 0.325 e. The maximum absolute atomic E-state index is 5.81. The molecular weight excluding hydrogens is 160 g/mol. The van der Waals surface area contributed by atoms with Crippen LogP contribution in [0.4, 0.5) is 0 Å². The van der Waals surface area contributed by atoms with Gasteiger partial charge in [-0.1, -0.05) is 13.8 Å². The number of nitrogens with zero attached hydrogens (tertiary/aromatic N) is 1. The van der Waals surface area contributed by atoms with Gasteiger partial charge < -0.3 is 5.73 Å². The van der Waals surface area contributed by atoms with Crippen LogP contribution in [0.2, 0.25) is 0 Å². The average Bonchev–Trinajstić information content (AvgIpc) is 2.00. The molecule has 1 saturated carbocycles. The molecule has 76 valence electrons. The minimum atomic E-state index is 0.464. The molecule has 1 aliphatic heterocycles. The Kier molecular flexibility index (Phi) is 2.61. The first-order valence-electron chi connectivity index (χ1n) is 5.66. The highest BCUT2D eigenvalue weighted by molar-refractivity contribution is 4.92. The third kappa shape index (κ3) is 1.89. The Morgan fingerprint density at radius 3 is 2.38 bits per heavy atom. The first kappa shape index (κ1) is 9.47. The molecule has 3 atom stereocenters. The summed E-state index contributed by atoms with van der Waals surface area (Å²) in [5, 5.41) is 0. The van der Waals surface area contributed by atoms with Gasteiger partial charge >= 0.3 is 0 Å². The highest BCUT2D eigenvalue weighted by atomic mass is 15.2. The van der Waals surface area contributed by atoms with Gasteiger partial charge in [0.2, 0.25) is 0 Å². The Labute approximate surface area is 81.5 Å².